The highest BCUT2D eigenvalue weighted by Gasteiger charge is 2.20. The maximum atomic E-state index is 5.98. The average Bonchev–Trinajstić information content (AvgIpc) is 2.87. The Morgan fingerprint density at radius 2 is 2.11 bits per heavy atom. The van der Waals surface area contributed by atoms with Gasteiger partial charge in [-0.3, -0.25) is 4.68 Å². The topological polar surface area (TPSA) is 43.8 Å². The second-order valence-electron chi connectivity index (χ2n) is 4.67. The van der Waals surface area contributed by atoms with E-state index in [1.54, 1.807) is 11.3 Å². The summed E-state index contributed by atoms with van der Waals surface area (Å²) in [6.07, 6.45) is 1.03. The number of hydrogen-bond donors (Lipinski definition) is 1. The Bertz CT molecular complexity index is 539. The van der Waals surface area contributed by atoms with Crippen molar-refractivity contribution < 1.29 is 0 Å². The standard InChI is InChI=1S/C14H21N3S/c1-5-12-10(3)16-17(11(12)4)13(8-15)14-9(2)6-7-18-14/h6-7,13H,5,8,15H2,1-4H3. The Hall–Kier alpha value is -1.13. The summed E-state index contributed by atoms with van der Waals surface area (Å²) in [5.41, 5.74) is 11.0. The molecule has 3 nitrogen and oxygen atoms in total. The van der Waals surface area contributed by atoms with Crippen LogP contribution < -0.4 is 5.73 Å². The van der Waals surface area contributed by atoms with E-state index < -0.39 is 0 Å². The summed E-state index contributed by atoms with van der Waals surface area (Å²) in [6, 6.07) is 2.32. The Balaban J connectivity index is 2.49. The zero-order valence-corrected chi connectivity index (χ0v) is 12.3. The molecule has 4 heteroatoms. The number of nitrogens with two attached hydrogens (primary N) is 1. The molecule has 0 aliphatic heterocycles. The van der Waals surface area contributed by atoms with Crippen LogP contribution in [0.15, 0.2) is 11.4 Å². The molecule has 2 aromatic heterocycles. The molecular weight excluding hydrogens is 242 g/mol. The summed E-state index contributed by atoms with van der Waals surface area (Å²) in [4.78, 5) is 1.32. The van der Waals surface area contributed by atoms with E-state index in [-0.39, 0.29) is 6.04 Å². The van der Waals surface area contributed by atoms with Crippen molar-refractivity contribution in [2.75, 3.05) is 6.54 Å². The third-order valence-corrected chi connectivity index (χ3v) is 4.67. The van der Waals surface area contributed by atoms with Crippen LogP contribution >= 0.6 is 11.3 Å². The van der Waals surface area contributed by atoms with Gasteiger partial charge in [0, 0.05) is 17.1 Å². The molecular formula is C14H21N3S. The Kier molecular flexibility index (Phi) is 3.88. The first-order valence-electron chi connectivity index (χ1n) is 6.38. The number of hydrogen-bond acceptors (Lipinski definition) is 3. The van der Waals surface area contributed by atoms with E-state index in [1.807, 2.05) is 0 Å². The summed E-state index contributed by atoms with van der Waals surface area (Å²) >= 11 is 1.77. The van der Waals surface area contributed by atoms with Crippen molar-refractivity contribution in [3.05, 3.63) is 38.8 Å². The van der Waals surface area contributed by atoms with Gasteiger partial charge in [0.15, 0.2) is 0 Å². The highest BCUT2D eigenvalue weighted by molar-refractivity contribution is 7.10. The zero-order chi connectivity index (χ0) is 13.3. The maximum Gasteiger partial charge on any atom is 0.0988 e. The molecule has 2 rings (SSSR count). The summed E-state index contributed by atoms with van der Waals surface area (Å²) in [5.74, 6) is 0. The van der Waals surface area contributed by atoms with E-state index in [1.165, 1.54) is 21.7 Å². The van der Waals surface area contributed by atoms with Gasteiger partial charge in [-0.05, 0) is 49.8 Å². The third kappa shape index (κ3) is 2.10. The molecule has 1 unspecified atom stereocenters. The van der Waals surface area contributed by atoms with Gasteiger partial charge in [0.2, 0.25) is 0 Å². The molecule has 1 atom stereocenters. The molecule has 0 fully saturated rings. The first kappa shape index (κ1) is 13.3. The molecule has 98 valence electrons. The molecule has 0 radical (unpaired) electrons. The van der Waals surface area contributed by atoms with Gasteiger partial charge in [0.25, 0.3) is 0 Å². The Morgan fingerprint density at radius 1 is 1.39 bits per heavy atom. The van der Waals surface area contributed by atoms with E-state index in [0.29, 0.717) is 6.54 Å². The quantitative estimate of drug-likeness (QED) is 0.921. The fraction of sp³-hybridized carbons (Fsp3) is 0.500. The van der Waals surface area contributed by atoms with Crippen LogP contribution in [0.3, 0.4) is 0 Å². The minimum Gasteiger partial charge on any atom is -0.328 e. The number of rotatable bonds is 4. The lowest BCUT2D eigenvalue weighted by molar-refractivity contribution is 0.521. The number of nitrogens with zero attached hydrogens (tertiary/aromatic N) is 2. The van der Waals surface area contributed by atoms with E-state index >= 15 is 0 Å². The van der Waals surface area contributed by atoms with Gasteiger partial charge >= 0.3 is 0 Å². The van der Waals surface area contributed by atoms with Gasteiger partial charge in [-0.2, -0.15) is 5.10 Å². The van der Waals surface area contributed by atoms with Crippen LogP contribution in [0.4, 0.5) is 0 Å². The van der Waals surface area contributed by atoms with Gasteiger partial charge in [-0.1, -0.05) is 6.92 Å². The minimum atomic E-state index is 0.170. The van der Waals surface area contributed by atoms with Gasteiger partial charge in [0.1, 0.15) is 0 Å². The minimum absolute atomic E-state index is 0.170. The second kappa shape index (κ2) is 5.24. The molecule has 0 aromatic carbocycles. The van der Waals surface area contributed by atoms with Gasteiger partial charge < -0.3 is 5.73 Å². The highest BCUT2D eigenvalue weighted by atomic mass is 32.1. The van der Waals surface area contributed by atoms with E-state index in [0.717, 1.165) is 12.1 Å². The molecule has 2 heterocycles. The molecule has 0 saturated carbocycles. The van der Waals surface area contributed by atoms with Crippen LogP contribution in [0, 0.1) is 20.8 Å². The summed E-state index contributed by atoms with van der Waals surface area (Å²) in [7, 11) is 0. The lowest BCUT2D eigenvalue weighted by Gasteiger charge is -2.17. The van der Waals surface area contributed by atoms with Crippen molar-refractivity contribution in [1.29, 1.82) is 0 Å². The zero-order valence-electron chi connectivity index (χ0n) is 11.5. The summed E-state index contributed by atoms with van der Waals surface area (Å²) in [6.45, 7) is 9.13. The van der Waals surface area contributed by atoms with Crippen molar-refractivity contribution in [3.8, 4) is 0 Å². The molecule has 18 heavy (non-hydrogen) atoms. The first-order chi connectivity index (χ1) is 8.60. The predicted octanol–water partition coefficient (Wildman–Crippen LogP) is 2.98. The van der Waals surface area contributed by atoms with Crippen molar-refractivity contribution in [3.63, 3.8) is 0 Å². The van der Waals surface area contributed by atoms with E-state index in [2.05, 4.69) is 43.8 Å². The van der Waals surface area contributed by atoms with Crippen LogP contribution in [-0.4, -0.2) is 16.3 Å². The average molecular weight is 263 g/mol. The largest absolute Gasteiger partial charge is 0.328 e. The van der Waals surface area contributed by atoms with E-state index in [4.69, 9.17) is 10.8 Å². The fourth-order valence-electron chi connectivity index (χ4n) is 2.56. The molecule has 0 spiro atoms. The number of aryl methyl sites for hydroxylation is 2. The van der Waals surface area contributed by atoms with Gasteiger partial charge in [-0.25, -0.2) is 0 Å². The van der Waals surface area contributed by atoms with E-state index in [9.17, 15) is 0 Å². The monoisotopic (exact) mass is 263 g/mol. The fourth-order valence-corrected chi connectivity index (χ4v) is 3.58. The lowest BCUT2D eigenvalue weighted by Crippen LogP contribution is -2.22. The molecule has 2 aromatic rings. The maximum absolute atomic E-state index is 5.98. The molecule has 0 aliphatic carbocycles. The van der Waals surface area contributed by atoms with Crippen molar-refractivity contribution >= 4 is 11.3 Å². The van der Waals surface area contributed by atoms with Crippen LogP contribution in [0.2, 0.25) is 0 Å². The van der Waals surface area contributed by atoms with Crippen molar-refractivity contribution in [1.82, 2.24) is 9.78 Å². The summed E-state index contributed by atoms with van der Waals surface area (Å²) in [5, 5.41) is 6.82. The Labute approximate surface area is 113 Å². The smallest absolute Gasteiger partial charge is 0.0988 e. The molecule has 0 aliphatic rings. The van der Waals surface area contributed by atoms with Gasteiger partial charge in [0.05, 0.1) is 11.7 Å². The molecule has 0 bridgehead atoms. The number of thiophene rings is 1. The molecule has 0 amide bonds. The van der Waals surface area contributed by atoms with Crippen LogP contribution in [0.1, 0.15) is 40.4 Å². The van der Waals surface area contributed by atoms with Crippen LogP contribution in [0.5, 0.6) is 0 Å². The highest BCUT2D eigenvalue weighted by Crippen LogP contribution is 2.28. The third-order valence-electron chi connectivity index (χ3n) is 3.55. The Morgan fingerprint density at radius 3 is 2.56 bits per heavy atom. The van der Waals surface area contributed by atoms with Crippen LogP contribution in [-0.2, 0) is 6.42 Å². The summed E-state index contributed by atoms with van der Waals surface area (Å²) < 4.78 is 2.10. The van der Waals surface area contributed by atoms with Crippen molar-refractivity contribution in [2.24, 2.45) is 5.73 Å². The predicted molar refractivity (Wildman–Crippen MR) is 77.3 cm³/mol. The van der Waals surface area contributed by atoms with Gasteiger partial charge in [-0.15, -0.1) is 11.3 Å². The SMILES string of the molecule is CCc1c(C)nn(C(CN)c2sccc2C)c1C. The molecule has 0 saturated heterocycles. The second-order valence-corrected chi connectivity index (χ2v) is 5.61. The van der Waals surface area contributed by atoms with Crippen LogP contribution in [0.25, 0.3) is 0 Å². The molecule has 2 N–H and O–H groups in total. The van der Waals surface area contributed by atoms with Crippen molar-refractivity contribution in [2.45, 2.75) is 40.2 Å². The lowest BCUT2D eigenvalue weighted by atomic mass is 10.1. The normalized spacial score (nSPS) is 12.9. The first-order valence-corrected chi connectivity index (χ1v) is 7.26. The number of aromatic nitrogens is 2.